The highest BCUT2D eigenvalue weighted by Crippen LogP contribution is 2.12. The molecule has 0 saturated heterocycles. The molecule has 0 unspecified atom stereocenters. The maximum absolute atomic E-state index is 5.94. The summed E-state index contributed by atoms with van der Waals surface area (Å²) in [5.74, 6) is 0. The average Bonchev–Trinajstić information content (AvgIpc) is 2.17. The fraction of sp³-hybridized carbons (Fsp3) is 0.385. The van der Waals surface area contributed by atoms with E-state index in [0.29, 0.717) is 0 Å². The zero-order chi connectivity index (χ0) is 12.0. The first-order chi connectivity index (χ1) is 7.61. The van der Waals surface area contributed by atoms with Crippen LogP contribution in [0, 0.1) is 0 Å². The number of nitrogens with zero attached hydrogens (tertiary/aromatic N) is 1. The Labute approximate surface area is 103 Å². The van der Waals surface area contributed by atoms with Gasteiger partial charge in [-0.2, -0.15) is 0 Å². The second-order valence-corrected chi connectivity index (χ2v) is 4.52. The van der Waals surface area contributed by atoms with E-state index < -0.39 is 0 Å². The van der Waals surface area contributed by atoms with Crippen molar-refractivity contribution in [2.45, 2.75) is 6.54 Å². The standard InChI is InChI=1S/C13H19ClN2/c1-11(8-15-2)9-16(3)10-12-5-4-6-13(14)7-12/h4-7,15H,1,8-10H2,2-3H3. The van der Waals surface area contributed by atoms with E-state index in [1.54, 1.807) is 0 Å². The summed E-state index contributed by atoms with van der Waals surface area (Å²) >= 11 is 5.94. The Bertz CT molecular complexity index is 350. The third-order valence-corrected chi connectivity index (χ3v) is 2.50. The molecule has 0 aliphatic carbocycles. The predicted octanol–water partition coefficient (Wildman–Crippen LogP) is 2.55. The van der Waals surface area contributed by atoms with Gasteiger partial charge in [-0.15, -0.1) is 0 Å². The molecule has 0 aliphatic rings. The Morgan fingerprint density at radius 3 is 2.88 bits per heavy atom. The molecule has 0 atom stereocenters. The van der Waals surface area contributed by atoms with Crippen LogP contribution < -0.4 is 5.32 Å². The van der Waals surface area contributed by atoms with Crippen molar-refractivity contribution in [1.82, 2.24) is 10.2 Å². The number of nitrogens with one attached hydrogen (secondary N) is 1. The van der Waals surface area contributed by atoms with Gasteiger partial charge in [-0.3, -0.25) is 4.90 Å². The van der Waals surface area contributed by atoms with Crippen molar-refractivity contribution < 1.29 is 0 Å². The van der Waals surface area contributed by atoms with Crippen LogP contribution in [0.2, 0.25) is 5.02 Å². The topological polar surface area (TPSA) is 15.3 Å². The maximum Gasteiger partial charge on any atom is 0.0409 e. The summed E-state index contributed by atoms with van der Waals surface area (Å²) in [6, 6.07) is 7.96. The molecular weight excluding hydrogens is 220 g/mol. The average molecular weight is 239 g/mol. The first kappa shape index (κ1) is 13.2. The molecule has 88 valence electrons. The molecule has 0 radical (unpaired) electrons. The first-order valence-electron chi connectivity index (χ1n) is 5.36. The lowest BCUT2D eigenvalue weighted by atomic mass is 10.2. The molecule has 0 fully saturated rings. The number of hydrogen-bond acceptors (Lipinski definition) is 2. The van der Waals surface area contributed by atoms with Crippen molar-refractivity contribution in [3.05, 3.63) is 47.0 Å². The van der Waals surface area contributed by atoms with E-state index in [1.807, 2.05) is 25.2 Å². The van der Waals surface area contributed by atoms with Crippen LogP contribution in [-0.4, -0.2) is 32.1 Å². The Hall–Kier alpha value is -0.830. The molecule has 0 aromatic heterocycles. The third-order valence-electron chi connectivity index (χ3n) is 2.26. The van der Waals surface area contributed by atoms with Gasteiger partial charge in [0, 0.05) is 24.7 Å². The van der Waals surface area contributed by atoms with Gasteiger partial charge in [-0.05, 0) is 37.4 Å². The van der Waals surface area contributed by atoms with Gasteiger partial charge >= 0.3 is 0 Å². The van der Waals surface area contributed by atoms with Gasteiger partial charge < -0.3 is 5.32 Å². The number of likely N-dealkylation sites (N-methyl/N-ethyl adjacent to an activating group) is 2. The zero-order valence-electron chi connectivity index (χ0n) is 9.96. The minimum Gasteiger partial charge on any atom is -0.316 e. The molecule has 0 aliphatic heterocycles. The van der Waals surface area contributed by atoms with Gasteiger partial charge in [0.1, 0.15) is 0 Å². The van der Waals surface area contributed by atoms with Crippen molar-refractivity contribution in [3.63, 3.8) is 0 Å². The highest BCUT2D eigenvalue weighted by Gasteiger charge is 2.02. The zero-order valence-corrected chi connectivity index (χ0v) is 10.7. The molecule has 1 aromatic carbocycles. The molecular formula is C13H19ClN2. The summed E-state index contributed by atoms with van der Waals surface area (Å²) < 4.78 is 0. The first-order valence-corrected chi connectivity index (χ1v) is 5.74. The number of benzene rings is 1. The largest absolute Gasteiger partial charge is 0.316 e. The molecule has 3 heteroatoms. The lowest BCUT2D eigenvalue weighted by molar-refractivity contribution is 0.353. The summed E-state index contributed by atoms with van der Waals surface area (Å²) in [5.41, 5.74) is 2.42. The quantitative estimate of drug-likeness (QED) is 0.767. The van der Waals surface area contributed by atoms with E-state index in [-0.39, 0.29) is 0 Å². The van der Waals surface area contributed by atoms with Crippen molar-refractivity contribution in [2.24, 2.45) is 0 Å². The van der Waals surface area contributed by atoms with E-state index >= 15 is 0 Å². The van der Waals surface area contributed by atoms with Crippen LogP contribution in [0.5, 0.6) is 0 Å². The van der Waals surface area contributed by atoms with Crippen LogP contribution in [0.15, 0.2) is 36.4 Å². The van der Waals surface area contributed by atoms with Gasteiger partial charge in [0.2, 0.25) is 0 Å². The van der Waals surface area contributed by atoms with Crippen LogP contribution >= 0.6 is 11.6 Å². The van der Waals surface area contributed by atoms with E-state index in [4.69, 9.17) is 11.6 Å². The van der Waals surface area contributed by atoms with Crippen molar-refractivity contribution >= 4 is 11.6 Å². The summed E-state index contributed by atoms with van der Waals surface area (Å²) in [6.07, 6.45) is 0. The van der Waals surface area contributed by atoms with E-state index in [0.717, 1.165) is 24.7 Å². The van der Waals surface area contributed by atoms with E-state index in [2.05, 4.69) is 29.9 Å². The Kier molecular flexibility index (Phi) is 5.53. The van der Waals surface area contributed by atoms with Crippen molar-refractivity contribution in [2.75, 3.05) is 27.2 Å². The van der Waals surface area contributed by atoms with Gasteiger partial charge in [-0.1, -0.05) is 30.3 Å². The van der Waals surface area contributed by atoms with Gasteiger partial charge in [0.25, 0.3) is 0 Å². The molecule has 0 bridgehead atoms. The van der Waals surface area contributed by atoms with Gasteiger partial charge in [-0.25, -0.2) is 0 Å². The maximum atomic E-state index is 5.94. The highest BCUT2D eigenvalue weighted by molar-refractivity contribution is 6.30. The molecule has 0 spiro atoms. The number of halogens is 1. The van der Waals surface area contributed by atoms with E-state index in [9.17, 15) is 0 Å². The minimum atomic E-state index is 0.792. The third kappa shape index (κ3) is 4.79. The molecule has 2 nitrogen and oxygen atoms in total. The Morgan fingerprint density at radius 2 is 2.25 bits per heavy atom. The lowest BCUT2D eigenvalue weighted by Gasteiger charge is -2.18. The number of hydrogen-bond donors (Lipinski definition) is 1. The molecule has 16 heavy (non-hydrogen) atoms. The van der Waals surface area contributed by atoms with Crippen LogP contribution in [0.3, 0.4) is 0 Å². The summed E-state index contributed by atoms with van der Waals surface area (Å²) in [6.45, 7) is 6.66. The highest BCUT2D eigenvalue weighted by atomic mass is 35.5. The van der Waals surface area contributed by atoms with Gasteiger partial charge in [0.05, 0.1) is 0 Å². The fourth-order valence-electron chi connectivity index (χ4n) is 1.69. The minimum absolute atomic E-state index is 0.792. The second-order valence-electron chi connectivity index (χ2n) is 4.08. The van der Waals surface area contributed by atoms with Crippen molar-refractivity contribution in [1.29, 1.82) is 0 Å². The molecule has 1 aromatic rings. The van der Waals surface area contributed by atoms with E-state index in [1.165, 1.54) is 11.1 Å². The second kappa shape index (κ2) is 6.69. The Morgan fingerprint density at radius 1 is 1.50 bits per heavy atom. The normalized spacial score (nSPS) is 10.8. The summed E-state index contributed by atoms with van der Waals surface area (Å²) in [4.78, 5) is 2.23. The SMILES string of the molecule is C=C(CNC)CN(C)Cc1cccc(Cl)c1. The molecule has 1 N–H and O–H groups in total. The molecule has 0 heterocycles. The molecule has 0 amide bonds. The number of rotatable bonds is 6. The summed E-state index contributed by atoms with van der Waals surface area (Å²) in [5, 5.41) is 3.89. The monoisotopic (exact) mass is 238 g/mol. The fourth-order valence-corrected chi connectivity index (χ4v) is 1.90. The van der Waals surface area contributed by atoms with Crippen LogP contribution in [-0.2, 0) is 6.54 Å². The van der Waals surface area contributed by atoms with Crippen LogP contribution in [0.1, 0.15) is 5.56 Å². The molecule has 1 rings (SSSR count). The van der Waals surface area contributed by atoms with Crippen LogP contribution in [0.4, 0.5) is 0 Å². The smallest absolute Gasteiger partial charge is 0.0409 e. The molecule has 0 saturated carbocycles. The van der Waals surface area contributed by atoms with Gasteiger partial charge in [0.15, 0.2) is 0 Å². The summed E-state index contributed by atoms with van der Waals surface area (Å²) in [7, 11) is 4.02. The van der Waals surface area contributed by atoms with Crippen molar-refractivity contribution in [3.8, 4) is 0 Å². The lowest BCUT2D eigenvalue weighted by Crippen LogP contribution is -2.24. The van der Waals surface area contributed by atoms with Crippen LogP contribution in [0.25, 0.3) is 0 Å². The predicted molar refractivity (Wildman–Crippen MR) is 70.9 cm³/mol. The Balaban J connectivity index is 2.45.